The summed E-state index contributed by atoms with van der Waals surface area (Å²) < 4.78 is 28.7. The summed E-state index contributed by atoms with van der Waals surface area (Å²) in [5, 5.41) is 5.22. The summed E-state index contributed by atoms with van der Waals surface area (Å²) in [7, 11) is 0. The summed E-state index contributed by atoms with van der Waals surface area (Å²) in [6, 6.07) is 2.75. The van der Waals surface area contributed by atoms with Crippen molar-refractivity contribution in [3.05, 3.63) is 53.1 Å². The fraction of sp³-hybridized carbons (Fsp3) is 0.412. The van der Waals surface area contributed by atoms with Crippen molar-refractivity contribution >= 4 is 6.03 Å². The van der Waals surface area contributed by atoms with Crippen molar-refractivity contribution in [2.45, 2.75) is 38.8 Å². The second-order valence-electron chi connectivity index (χ2n) is 5.89. The number of carbonyl (C=O) groups excluding carboxylic acids is 1. The number of hydrogen-bond acceptors (Lipinski definition) is 2. The summed E-state index contributed by atoms with van der Waals surface area (Å²) in [6.07, 6.45) is 6.04. The van der Waals surface area contributed by atoms with Crippen LogP contribution in [0.15, 0.2) is 24.4 Å². The molecule has 24 heavy (non-hydrogen) atoms. The number of halogens is 2. The number of nitrogens with one attached hydrogen (secondary N) is 2. The fourth-order valence-electron chi connectivity index (χ4n) is 2.81. The molecule has 7 heteroatoms. The Morgan fingerprint density at radius 3 is 2.96 bits per heavy atom. The van der Waals surface area contributed by atoms with Crippen molar-refractivity contribution in [2.24, 2.45) is 0 Å². The van der Waals surface area contributed by atoms with Crippen molar-refractivity contribution in [2.75, 3.05) is 6.54 Å². The van der Waals surface area contributed by atoms with E-state index in [9.17, 15) is 13.6 Å². The molecule has 2 N–H and O–H groups in total. The summed E-state index contributed by atoms with van der Waals surface area (Å²) in [4.78, 5) is 16.3. The molecule has 1 aromatic heterocycles. The van der Waals surface area contributed by atoms with Crippen LogP contribution in [0.1, 0.15) is 29.9 Å². The highest BCUT2D eigenvalue weighted by atomic mass is 19.1. The number of aromatic nitrogens is 2. The summed E-state index contributed by atoms with van der Waals surface area (Å²) in [6.45, 7) is 1.39. The van der Waals surface area contributed by atoms with Gasteiger partial charge in [0.1, 0.15) is 17.5 Å². The van der Waals surface area contributed by atoms with Gasteiger partial charge in [-0.1, -0.05) is 0 Å². The van der Waals surface area contributed by atoms with Gasteiger partial charge in [0.05, 0.1) is 5.69 Å². The Morgan fingerprint density at radius 1 is 1.25 bits per heavy atom. The van der Waals surface area contributed by atoms with Crippen LogP contribution in [0.5, 0.6) is 0 Å². The normalized spacial score (nSPS) is 13.4. The van der Waals surface area contributed by atoms with Gasteiger partial charge in [0.15, 0.2) is 0 Å². The van der Waals surface area contributed by atoms with Crippen LogP contribution in [0.4, 0.5) is 13.6 Å². The maximum atomic E-state index is 13.5. The first kappa shape index (κ1) is 16.4. The van der Waals surface area contributed by atoms with Gasteiger partial charge >= 0.3 is 6.03 Å². The van der Waals surface area contributed by atoms with Gasteiger partial charge in [-0.25, -0.2) is 18.6 Å². The monoisotopic (exact) mass is 334 g/mol. The number of nitrogens with zero attached hydrogens (tertiary/aromatic N) is 2. The van der Waals surface area contributed by atoms with Gasteiger partial charge in [0.2, 0.25) is 0 Å². The molecule has 0 bridgehead atoms. The highest BCUT2D eigenvalue weighted by Gasteiger charge is 2.12. The van der Waals surface area contributed by atoms with Gasteiger partial charge in [-0.15, -0.1) is 0 Å². The van der Waals surface area contributed by atoms with Crippen LogP contribution in [0, 0.1) is 11.6 Å². The third kappa shape index (κ3) is 4.10. The molecule has 2 heterocycles. The van der Waals surface area contributed by atoms with Gasteiger partial charge in [0.25, 0.3) is 0 Å². The first-order valence-electron chi connectivity index (χ1n) is 8.12. The highest BCUT2D eigenvalue weighted by Crippen LogP contribution is 2.14. The largest absolute Gasteiger partial charge is 0.338 e. The lowest BCUT2D eigenvalue weighted by molar-refractivity contribution is 0.240. The molecule has 0 aliphatic carbocycles. The maximum Gasteiger partial charge on any atom is 0.315 e. The molecule has 1 aromatic carbocycles. The number of benzene rings is 1. The lowest BCUT2D eigenvalue weighted by atomic mass is 10.2. The van der Waals surface area contributed by atoms with E-state index >= 15 is 0 Å². The second kappa shape index (κ2) is 7.42. The smallest absolute Gasteiger partial charge is 0.315 e. The zero-order valence-corrected chi connectivity index (χ0v) is 13.3. The number of hydrogen-bond donors (Lipinski definition) is 2. The highest BCUT2D eigenvalue weighted by molar-refractivity contribution is 5.73. The van der Waals surface area contributed by atoms with Crippen molar-refractivity contribution in [1.82, 2.24) is 20.2 Å². The van der Waals surface area contributed by atoms with Crippen LogP contribution < -0.4 is 10.6 Å². The topological polar surface area (TPSA) is 59.0 Å². The molecule has 3 rings (SSSR count). The van der Waals surface area contributed by atoms with Crippen LogP contribution in [0.3, 0.4) is 0 Å². The van der Waals surface area contributed by atoms with Gasteiger partial charge in [-0.3, -0.25) is 0 Å². The van der Waals surface area contributed by atoms with Gasteiger partial charge < -0.3 is 15.2 Å². The average molecular weight is 334 g/mol. The predicted molar refractivity (Wildman–Crippen MR) is 85.5 cm³/mol. The Bertz CT molecular complexity index is 706. The molecule has 2 aromatic rings. The molecule has 0 spiro atoms. The van der Waals surface area contributed by atoms with E-state index in [-0.39, 0.29) is 12.1 Å². The molecule has 0 unspecified atom stereocenters. The van der Waals surface area contributed by atoms with Crippen LogP contribution in [-0.2, 0) is 25.9 Å². The third-order valence-electron chi connectivity index (χ3n) is 4.07. The number of rotatable bonds is 5. The molecule has 1 aliphatic heterocycles. The molecule has 2 amide bonds. The molecule has 128 valence electrons. The first-order chi connectivity index (χ1) is 11.6. The Labute approximate surface area is 139 Å². The van der Waals surface area contributed by atoms with Gasteiger partial charge in [0, 0.05) is 44.2 Å². The number of urea groups is 1. The van der Waals surface area contributed by atoms with E-state index in [4.69, 9.17) is 0 Å². The minimum atomic E-state index is -0.541. The van der Waals surface area contributed by atoms with Crippen molar-refractivity contribution in [3.63, 3.8) is 0 Å². The molecule has 0 saturated heterocycles. The number of fused-ring (bicyclic) bond motifs is 1. The van der Waals surface area contributed by atoms with E-state index in [1.165, 1.54) is 12.8 Å². The van der Waals surface area contributed by atoms with Crippen LogP contribution >= 0.6 is 0 Å². The van der Waals surface area contributed by atoms with E-state index < -0.39 is 17.7 Å². The lowest BCUT2D eigenvalue weighted by Crippen LogP contribution is -2.36. The third-order valence-corrected chi connectivity index (χ3v) is 4.07. The van der Waals surface area contributed by atoms with Crippen molar-refractivity contribution in [3.8, 4) is 0 Å². The zero-order chi connectivity index (χ0) is 16.9. The second-order valence-corrected chi connectivity index (χ2v) is 5.89. The first-order valence-corrected chi connectivity index (χ1v) is 8.12. The Balaban J connectivity index is 1.42. The van der Waals surface area contributed by atoms with E-state index in [0.29, 0.717) is 13.0 Å². The van der Waals surface area contributed by atoms with Crippen molar-refractivity contribution < 1.29 is 13.6 Å². The van der Waals surface area contributed by atoms with E-state index in [1.54, 1.807) is 0 Å². The van der Waals surface area contributed by atoms with E-state index in [1.807, 2.05) is 6.20 Å². The molecular formula is C17H20F2N4O. The molecule has 0 saturated carbocycles. The predicted octanol–water partition coefficient (Wildman–Crippen LogP) is 2.54. The molecule has 0 atom stereocenters. The van der Waals surface area contributed by atoms with Gasteiger partial charge in [-0.05, 0) is 31.0 Å². The molecule has 0 radical (unpaired) electrons. The summed E-state index contributed by atoms with van der Waals surface area (Å²) in [5.41, 5.74) is 1.08. The summed E-state index contributed by atoms with van der Waals surface area (Å²) >= 11 is 0. The standard InChI is InChI=1S/C17H20F2N4O/c18-13-4-5-15(19)12(9-13)10-21-17(24)20-7-6-14-11-23-8-2-1-3-16(23)22-14/h4-5,9,11H,1-3,6-8,10H2,(H2,20,21,24). The Hall–Kier alpha value is -2.44. The minimum absolute atomic E-state index is 0.0613. The van der Waals surface area contributed by atoms with Crippen LogP contribution in [-0.4, -0.2) is 22.1 Å². The molecular weight excluding hydrogens is 314 g/mol. The number of carbonyl (C=O) groups is 1. The SMILES string of the molecule is O=C(NCCc1cn2c(n1)CCCC2)NCc1cc(F)ccc1F. The van der Waals surface area contributed by atoms with E-state index in [0.717, 1.165) is 42.7 Å². The lowest BCUT2D eigenvalue weighted by Gasteiger charge is -2.11. The van der Waals surface area contributed by atoms with Crippen molar-refractivity contribution in [1.29, 1.82) is 0 Å². The fourth-order valence-corrected chi connectivity index (χ4v) is 2.81. The van der Waals surface area contributed by atoms with Gasteiger partial charge in [-0.2, -0.15) is 0 Å². The minimum Gasteiger partial charge on any atom is -0.338 e. The number of aryl methyl sites for hydroxylation is 2. The number of imidazole rings is 1. The van der Waals surface area contributed by atoms with Crippen LogP contribution in [0.25, 0.3) is 0 Å². The Kier molecular flexibility index (Phi) is 5.08. The number of amides is 2. The summed E-state index contributed by atoms with van der Waals surface area (Å²) in [5.74, 6) is 0.0416. The molecule has 5 nitrogen and oxygen atoms in total. The quantitative estimate of drug-likeness (QED) is 0.883. The molecule has 1 aliphatic rings. The Morgan fingerprint density at radius 2 is 2.12 bits per heavy atom. The maximum absolute atomic E-state index is 13.5. The van der Waals surface area contributed by atoms with E-state index in [2.05, 4.69) is 20.2 Å². The molecule has 0 fully saturated rings. The van der Waals surface area contributed by atoms with Crippen LogP contribution in [0.2, 0.25) is 0 Å². The zero-order valence-electron chi connectivity index (χ0n) is 13.3. The average Bonchev–Trinajstić information content (AvgIpc) is 2.98.